The molecule has 1 atom stereocenters. The van der Waals surface area contributed by atoms with Gasteiger partial charge in [-0.1, -0.05) is 12.1 Å². The van der Waals surface area contributed by atoms with Crippen molar-refractivity contribution >= 4 is 16.7 Å². The largest absolute Gasteiger partial charge is 0.477 e. The number of halogens is 1. The molecular formula is C22H25FN4O2. The number of rotatable bonds is 6. The van der Waals surface area contributed by atoms with Gasteiger partial charge in [0.05, 0.1) is 18.3 Å². The van der Waals surface area contributed by atoms with Crippen molar-refractivity contribution in [3.05, 3.63) is 53.7 Å². The highest BCUT2D eigenvalue weighted by Crippen LogP contribution is 2.27. The highest BCUT2D eigenvalue weighted by atomic mass is 19.1. The molecule has 1 aliphatic rings. The van der Waals surface area contributed by atoms with E-state index >= 15 is 0 Å². The van der Waals surface area contributed by atoms with Crippen molar-refractivity contribution in [1.29, 1.82) is 0 Å². The molecule has 152 valence electrons. The lowest BCUT2D eigenvalue weighted by atomic mass is 10.0. The van der Waals surface area contributed by atoms with Crippen LogP contribution in [0.1, 0.15) is 37.2 Å². The molecular weight excluding hydrogens is 371 g/mol. The molecule has 1 aromatic carbocycles. The van der Waals surface area contributed by atoms with Crippen LogP contribution < -0.4 is 10.1 Å². The van der Waals surface area contributed by atoms with E-state index in [-0.39, 0.29) is 11.9 Å². The Morgan fingerprint density at radius 1 is 1.21 bits per heavy atom. The lowest BCUT2D eigenvalue weighted by Gasteiger charge is -2.22. The monoisotopic (exact) mass is 396 g/mol. The maximum Gasteiger partial charge on any atom is 0.214 e. The van der Waals surface area contributed by atoms with Gasteiger partial charge in [-0.2, -0.15) is 0 Å². The summed E-state index contributed by atoms with van der Waals surface area (Å²) in [6, 6.07) is 8.30. The fraction of sp³-hybridized carbons (Fsp3) is 0.409. The topological polar surface area (TPSA) is 69.2 Å². The van der Waals surface area contributed by atoms with Crippen LogP contribution in [0.5, 0.6) is 5.88 Å². The maximum atomic E-state index is 13.2. The Labute approximate surface area is 169 Å². The molecule has 0 aliphatic carbocycles. The summed E-state index contributed by atoms with van der Waals surface area (Å²) in [7, 11) is 0. The maximum absolute atomic E-state index is 13.2. The van der Waals surface area contributed by atoms with Crippen molar-refractivity contribution in [3.63, 3.8) is 0 Å². The molecule has 4 rings (SSSR count). The number of ether oxygens (including phenoxy) is 2. The van der Waals surface area contributed by atoms with Crippen LogP contribution in [0.2, 0.25) is 0 Å². The Morgan fingerprint density at radius 2 is 1.97 bits per heavy atom. The molecule has 0 spiro atoms. The van der Waals surface area contributed by atoms with E-state index in [1.165, 1.54) is 12.1 Å². The van der Waals surface area contributed by atoms with E-state index in [9.17, 15) is 4.39 Å². The molecule has 0 radical (unpaired) electrons. The van der Waals surface area contributed by atoms with E-state index in [0.29, 0.717) is 30.0 Å². The molecule has 0 saturated carbocycles. The number of hydrogen-bond donors (Lipinski definition) is 1. The van der Waals surface area contributed by atoms with Gasteiger partial charge in [0, 0.05) is 30.7 Å². The summed E-state index contributed by atoms with van der Waals surface area (Å²) in [4.78, 5) is 13.5. The van der Waals surface area contributed by atoms with Crippen LogP contribution in [-0.4, -0.2) is 34.8 Å². The molecule has 7 heteroatoms. The highest BCUT2D eigenvalue weighted by molar-refractivity contribution is 5.89. The zero-order valence-corrected chi connectivity index (χ0v) is 16.7. The van der Waals surface area contributed by atoms with E-state index in [2.05, 4.69) is 20.3 Å². The average Bonchev–Trinajstić information content (AvgIpc) is 2.73. The van der Waals surface area contributed by atoms with Crippen molar-refractivity contribution in [1.82, 2.24) is 15.0 Å². The first-order valence-corrected chi connectivity index (χ1v) is 9.95. The van der Waals surface area contributed by atoms with Crippen LogP contribution in [0.25, 0.3) is 10.9 Å². The number of aromatic nitrogens is 3. The second kappa shape index (κ2) is 8.69. The Kier molecular flexibility index (Phi) is 5.85. The number of benzene rings is 1. The summed E-state index contributed by atoms with van der Waals surface area (Å²) in [5.74, 6) is 2.17. The molecule has 3 heterocycles. The van der Waals surface area contributed by atoms with Crippen molar-refractivity contribution in [3.8, 4) is 5.88 Å². The molecule has 3 aromatic rings. The Hall–Kier alpha value is -2.80. The zero-order chi connectivity index (χ0) is 20.2. The fourth-order valence-corrected chi connectivity index (χ4v) is 3.47. The molecule has 1 aliphatic heterocycles. The van der Waals surface area contributed by atoms with E-state index in [0.717, 1.165) is 42.5 Å². The Bertz CT molecular complexity index is 974. The van der Waals surface area contributed by atoms with Crippen LogP contribution in [0.3, 0.4) is 0 Å². The first-order chi connectivity index (χ1) is 14.1. The third-order valence-electron chi connectivity index (χ3n) is 5.20. The number of fused-ring (bicyclic) bond motifs is 1. The minimum absolute atomic E-state index is 0.0483. The summed E-state index contributed by atoms with van der Waals surface area (Å²) in [6.07, 6.45) is 3.74. The van der Waals surface area contributed by atoms with E-state index in [1.807, 2.05) is 19.9 Å². The summed E-state index contributed by atoms with van der Waals surface area (Å²) < 4.78 is 24.6. The van der Waals surface area contributed by atoms with Crippen molar-refractivity contribution in [2.45, 2.75) is 32.7 Å². The van der Waals surface area contributed by atoms with Gasteiger partial charge in [-0.05, 0) is 50.3 Å². The van der Waals surface area contributed by atoms with Crippen LogP contribution in [0.4, 0.5) is 10.2 Å². The Balaban J connectivity index is 1.55. The average molecular weight is 396 g/mol. The first-order valence-electron chi connectivity index (χ1n) is 9.95. The van der Waals surface area contributed by atoms with Crippen LogP contribution in [-0.2, 0) is 4.74 Å². The summed E-state index contributed by atoms with van der Waals surface area (Å²) in [5, 5.41) is 4.27. The highest BCUT2D eigenvalue weighted by Gasteiger charge is 2.16. The normalized spacial score (nSPS) is 16.0. The standard InChI is InChI=1S/C22H25FN4O2/c1-14(17-3-5-18(23)6-4-17)25-22-19-11-21(24-12-20(19)26-15(2)27-22)29-13-16-7-9-28-10-8-16/h3-6,11-12,14,16H,7-10,13H2,1-2H3,(H,25,26,27)/t14-/m1/s1. The predicted octanol–water partition coefficient (Wildman–Crippen LogP) is 4.45. The lowest BCUT2D eigenvalue weighted by Crippen LogP contribution is -2.21. The molecule has 0 bridgehead atoms. The lowest BCUT2D eigenvalue weighted by molar-refractivity contribution is 0.0491. The van der Waals surface area contributed by atoms with E-state index in [1.54, 1.807) is 18.3 Å². The molecule has 0 unspecified atom stereocenters. The summed E-state index contributed by atoms with van der Waals surface area (Å²) in [5.41, 5.74) is 1.73. The number of aryl methyl sites for hydroxylation is 1. The quantitative estimate of drug-likeness (QED) is 0.664. The first kappa shape index (κ1) is 19.5. The Morgan fingerprint density at radius 3 is 2.72 bits per heavy atom. The number of anilines is 1. The predicted molar refractivity (Wildman–Crippen MR) is 110 cm³/mol. The molecule has 1 fully saturated rings. The number of nitrogens with one attached hydrogen (secondary N) is 1. The van der Waals surface area contributed by atoms with Gasteiger partial charge >= 0.3 is 0 Å². The van der Waals surface area contributed by atoms with E-state index < -0.39 is 0 Å². The van der Waals surface area contributed by atoms with Gasteiger partial charge < -0.3 is 14.8 Å². The number of hydrogen-bond acceptors (Lipinski definition) is 6. The molecule has 1 N–H and O–H groups in total. The molecule has 1 saturated heterocycles. The van der Waals surface area contributed by atoms with Crippen molar-refractivity contribution in [2.24, 2.45) is 5.92 Å². The van der Waals surface area contributed by atoms with Gasteiger partial charge in [0.2, 0.25) is 5.88 Å². The molecule has 29 heavy (non-hydrogen) atoms. The second-order valence-corrected chi connectivity index (χ2v) is 7.44. The number of pyridine rings is 1. The third kappa shape index (κ3) is 4.79. The van der Waals surface area contributed by atoms with Gasteiger partial charge in [-0.25, -0.2) is 19.3 Å². The van der Waals surface area contributed by atoms with Gasteiger partial charge in [-0.3, -0.25) is 0 Å². The van der Waals surface area contributed by atoms with Crippen molar-refractivity contribution in [2.75, 3.05) is 25.1 Å². The summed E-state index contributed by atoms with van der Waals surface area (Å²) in [6.45, 7) is 6.08. The van der Waals surface area contributed by atoms with E-state index in [4.69, 9.17) is 9.47 Å². The fourth-order valence-electron chi connectivity index (χ4n) is 3.47. The van der Waals surface area contributed by atoms with Gasteiger partial charge in [0.1, 0.15) is 17.5 Å². The van der Waals surface area contributed by atoms with Crippen molar-refractivity contribution < 1.29 is 13.9 Å². The zero-order valence-electron chi connectivity index (χ0n) is 16.7. The van der Waals surface area contributed by atoms with Gasteiger partial charge in [0.25, 0.3) is 0 Å². The van der Waals surface area contributed by atoms with Gasteiger partial charge in [-0.15, -0.1) is 0 Å². The second-order valence-electron chi connectivity index (χ2n) is 7.44. The smallest absolute Gasteiger partial charge is 0.214 e. The molecule has 2 aromatic heterocycles. The minimum Gasteiger partial charge on any atom is -0.477 e. The van der Waals surface area contributed by atoms with Gasteiger partial charge in [0.15, 0.2) is 0 Å². The summed E-state index contributed by atoms with van der Waals surface area (Å²) >= 11 is 0. The van der Waals surface area contributed by atoms with Crippen LogP contribution in [0.15, 0.2) is 36.5 Å². The van der Waals surface area contributed by atoms with Crippen LogP contribution >= 0.6 is 0 Å². The molecule has 0 amide bonds. The minimum atomic E-state index is -0.248. The third-order valence-corrected chi connectivity index (χ3v) is 5.20. The SMILES string of the molecule is Cc1nc(N[C@H](C)c2ccc(F)cc2)c2cc(OCC3CCOCC3)ncc2n1. The molecule has 6 nitrogen and oxygen atoms in total. The number of nitrogens with zero attached hydrogens (tertiary/aromatic N) is 3. The van der Waals surface area contributed by atoms with Crippen LogP contribution in [0, 0.1) is 18.7 Å².